The number of rotatable bonds is 3. The van der Waals surface area contributed by atoms with Crippen molar-refractivity contribution < 1.29 is 0 Å². The molecule has 94 valence electrons. The van der Waals surface area contributed by atoms with E-state index in [1.807, 2.05) is 18.5 Å². The molecule has 0 aliphatic carbocycles. The lowest BCUT2D eigenvalue weighted by atomic mass is 9.92. The lowest BCUT2D eigenvalue weighted by Gasteiger charge is -2.17. The van der Waals surface area contributed by atoms with Crippen molar-refractivity contribution in [3.63, 3.8) is 0 Å². The Morgan fingerprint density at radius 3 is 2.33 bits per heavy atom. The van der Waals surface area contributed by atoms with Gasteiger partial charge in [-0.3, -0.25) is 4.98 Å². The third-order valence-electron chi connectivity index (χ3n) is 3.53. The first-order chi connectivity index (χ1) is 8.59. The molecule has 0 saturated heterocycles. The van der Waals surface area contributed by atoms with Gasteiger partial charge < -0.3 is 5.73 Å². The van der Waals surface area contributed by atoms with Crippen LogP contribution in [0.2, 0.25) is 0 Å². The molecule has 2 heteroatoms. The van der Waals surface area contributed by atoms with Gasteiger partial charge in [-0.15, -0.1) is 0 Å². The Morgan fingerprint density at radius 1 is 1.06 bits per heavy atom. The number of hydrogen-bond donors (Lipinski definition) is 1. The highest BCUT2D eigenvalue weighted by molar-refractivity contribution is 5.36. The number of aromatic nitrogens is 1. The molecule has 18 heavy (non-hydrogen) atoms. The number of hydrogen-bond acceptors (Lipinski definition) is 2. The van der Waals surface area contributed by atoms with Crippen molar-refractivity contribution in [3.8, 4) is 0 Å². The van der Waals surface area contributed by atoms with Gasteiger partial charge >= 0.3 is 0 Å². The molecule has 1 aromatic carbocycles. The maximum Gasteiger partial charge on any atom is 0.0339 e. The van der Waals surface area contributed by atoms with Gasteiger partial charge in [-0.1, -0.05) is 18.2 Å². The molecule has 0 saturated carbocycles. The van der Waals surface area contributed by atoms with E-state index in [-0.39, 0.29) is 6.04 Å². The number of aryl methyl sites for hydroxylation is 3. The van der Waals surface area contributed by atoms with Gasteiger partial charge in [0, 0.05) is 18.4 Å². The molecule has 0 fully saturated rings. The largest absolute Gasteiger partial charge is 0.324 e. The fourth-order valence-corrected chi connectivity index (χ4v) is 2.40. The average molecular weight is 240 g/mol. The fourth-order valence-electron chi connectivity index (χ4n) is 2.40. The molecule has 0 aliphatic rings. The monoisotopic (exact) mass is 240 g/mol. The maximum atomic E-state index is 6.34. The Kier molecular flexibility index (Phi) is 3.78. The molecule has 2 rings (SSSR count). The van der Waals surface area contributed by atoms with Gasteiger partial charge in [0.15, 0.2) is 0 Å². The highest BCUT2D eigenvalue weighted by Crippen LogP contribution is 2.22. The van der Waals surface area contributed by atoms with Gasteiger partial charge in [0.05, 0.1) is 0 Å². The summed E-state index contributed by atoms with van der Waals surface area (Å²) in [5.41, 5.74) is 12.7. The van der Waals surface area contributed by atoms with E-state index in [0.717, 1.165) is 12.0 Å². The summed E-state index contributed by atoms with van der Waals surface area (Å²) in [6, 6.07) is 8.45. The topological polar surface area (TPSA) is 38.9 Å². The van der Waals surface area contributed by atoms with Crippen LogP contribution in [0, 0.1) is 20.8 Å². The Morgan fingerprint density at radius 2 is 1.72 bits per heavy atom. The fraction of sp³-hybridized carbons (Fsp3) is 0.312. The van der Waals surface area contributed by atoms with Crippen LogP contribution in [-0.4, -0.2) is 4.98 Å². The molecule has 0 aliphatic heterocycles. The number of pyridine rings is 1. The quantitative estimate of drug-likeness (QED) is 0.894. The summed E-state index contributed by atoms with van der Waals surface area (Å²) < 4.78 is 0. The molecular weight excluding hydrogens is 220 g/mol. The normalized spacial score (nSPS) is 12.4. The summed E-state index contributed by atoms with van der Waals surface area (Å²) in [4.78, 5) is 4.11. The summed E-state index contributed by atoms with van der Waals surface area (Å²) >= 11 is 0. The van der Waals surface area contributed by atoms with Gasteiger partial charge in [-0.05, 0) is 61.1 Å². The van der Waals surface area contributed by atoms with Crippen LogP contribution >= 0.6 is 0 Å². The van der Waals surface area contributed by atoms with E-state index in [2.05, 4.69) is 44.0 Å². The zero-order valence-electron chi connectivity index (χ0n) is 11.3. The molecule has 2 aromatic rings. The summed E-state index contributed by atoms with van der Waals surface area (Å²) in [6.07, 6.45) is 4.57. The van der Waals surface area contributed by atoms with E-state index < -0.39 is 0 Å². The maximum absolute atomic E-state index is 6.34. The first kappa shape index (κ1) is 12.8. The van der Waals surface area contributed by atoms with Crippen LogP contribution in [-0.2, 0) is 6.42 Å². The second-order valence-electron chi connectivity index (χ2n) is 4.91. The van der Waals surface area contributed by atoms with Crippen molar-refractivity contribution >= 4 is 0 Å². The zero-order chi connectivity index (χ0) is 13.1. The van der Waals surface area contributed by atoms with Gasteiger partial charge in [0.2, 0.25) is 0 Å². The third kappa shape index (κ3) is 2.59. The standard InChI is InChI=1S/C16H20N2/c1-11-5-4-6-12(2)15(11)9-16(17)14-7-8-18-10-13(14)3/h4-8,10,16H,9,17H2,1-3H3. The molecule has 1 heterocycles. The van der Waals surface area contributed by atoms with E-state index in [0.29, 0.717) is 0 Å². The summed E-state index contributed by atoms with van der Waals surface area (Å²) in [7, 11) is 0. The molecule has 0 bridgehead atoms. The Hall–Kier alpha value is -1.67. The second-order valence-corrected chi connectivity index (χ2v) is 4.91. The predicted octanol–water partition coefficient (Wildman–Crippen LogP) is 3.25. The molecule has 1 aromatic heterocycles. The molecule has 2 N–H and O–H groups in total. The van der Waals surface area contributed by atoms with Crippen LogP contribution in [0.25, 0.3) is 0 Å². The SMILES string of the molecule is Cc1cnccc1C(N)Cc1c(C)cccc1C. The summed E-state index contributed by atoms with van der Waals surface area (Å²) in [5, 5.41) is 0. The molecule has 1 atom stereocenters. The summed E-state index contributed by atoms with van der Waals surface area (Å²) in [5.74, 6) is 0. The molecule has 2 nitrogen and oxygen atoms in total. The lowest BCUT2D eigenvalue weighted by Crippen LogP contribution is -2.16. The second kappa shape index (κ2) is 5.32. The average Bonchev–Trinajstić information content (AvgIpc) is 2.34. The van der Waals surface area contributed by atoms with Crippen LogP contribution in [0.5, 0.6) is 0 Å². The van der Waals surface area contributed by atoms with Crippen molar-refractivity contribution in [2.75, 3.05) is 0 Å². The van der Waals surface area contributed by atoms with Crippen molar-refractivity contribution in [2.24, 2.45) is 5.73 Å². The highest BCUT2D eigenvalue weighted by atomic mass is 14.7. The Bertz CT molecular complexity index is 526. The van der Waals surface area contributed by atoms with Crippen molar-refractivity contribution in [3.05, 3.63) is 64.5 Å². The van der Waals surface area contributed by atoms with Crippen LogP contribution in [0.3, 0.4) is 0 Å². The lowest BCUT2D eigenvalue weighted by molar-refractivity contribution is 0.708. The van der Waals surface area contributed by atoms with Crippen LogP contribution in [0.1, 0.15) is 33.9 Å². The molecule has 1 unspecified atom stereocenters. The smallest absolute Gasteiger partial charge is 0.0339 e. The van der Waals surface area contributed by atoms with E-state index in [9.17, 15) is 0 Å². The van der Waals surface area contributed by atoms with Crippen molar-refractivity contribution in [1.29, 1.82) is 0 Å². The van der Waals surface area contributed by atoms with Crippen LogP contribution < -0.4 is 5.73 Å². The number of nitrogens with two attached hydrogens (primary N) is 1. The highest BCUT2D eigenvalue weighted by Gasteiger charge is 2.12. The van der Waals surface area contributed by atoms with E-state index >= 15 is 0 Å². The first-order valence-electron chi connectivity index (χ1n) is 6.30. The number of nitrogens with zero attached hydrogens (tertiary/aromatic N) is 1. The van der Waals surface area contributed by atoms with Crippen LogP contribution in [0.4, 0.5) is 0 Å². The molecule has 0 spiro atoms. The minimum absolute atomic E-state index is 0.0350. The molecule has 0 radical (unpaired) electrons. The van der Waals surface area contributed by atoms with Crippen LogP contribution in [0.15, 0.2) is 36.7 Å². The first-order valence-corrected chi connectivity index (χ1v) is 6.30. The zero-order valence-corrected chi connectivity index (χ0v) is 11.3. The van der Waals surface area contributed by atoms with E-state index in [1.165, 1.54) is 22.3 Å². The third-order valence-corrected chi connectivity index (χ3v) is 3.53. The minimum Gasteiger partial charge on any atom is -0.324 e. The van der Waals surface area contributed by atoms with Crippen molar-refractivity contribution in [1.82, 2.24) is 4.98 Å². The van der Waals surface area contributed by atoms with Gasteiger partial charge in [-0.25, -0.2) is 0 Å². The molecular formula is C16H20N2. The Balaban J connectivity index is 2.27. The van der Waals surface area contributed by atoms with Gasteiger partial charge in [-0.2, -0.15) is 0 Å². The number of benzene rings is 1. The van der Waals surface area contributed by atoms with Crippen molar-refractivity contribution in [2.45, 2.75) is 33.2 Å². The Labute approximate surface area is 109 Å². The van der Waals surface area contributed by atoms with Gasteiger partial charge in [0.1, 0.15) is 0 Å². The predicted molar refractivity (Wildman–Crippen MR) is 75.5 cm³/mol. The van der Waals surface area contributed by atoms with E-state index in [1.54, 1.807) is 0 Å². The summed E-state index contributed by atoms with van der Waals surface area (Å²) in [6.45, 7) is 6.36. The van der Waals surface area contributed by atoms with E-state index in [4.69, 9.17) is 5.73 Å². The van der Waals surface area contributed by atoms with Gasteiger partial charge in [0.25, 0.3) is 0 Å². The minimum atomic E-state index is 0.0350. The molecule has 0 amide bonds.